The number of nitrogens with zero attached hydrogens (tertiary/aromatic N) is 1. The first kappa shape index (κ1) is 18.7. The molecule has 6 nitrogen and oxygen atoms in total. The lowest BCUT2D eigenvalue weighted by Gasteiger charge is -2.21. The fraction of sp³-hybridized carbons (Fsp3) is 0.857. The highest BCUT2D eigenvalue weighted by Crippen LogP contribution is 2.01. The van der Waals surface area contributed by atoms with Gasteiger partial charge in [0.1, 0.15) is 6.04 Å². The first-order chi connectivity index (χ1) is 9.25. The summed E-state index contributed by atoms with van der Waals surface area (Å²) in [5.74, 6) is -1.15. The molecule has 1 atom stereocenters. The van der Waals surface area contributed by atoms with Crippen LogP contribution in [0.3, 0.4) is 0 Å². The van der Waals surface area contributed by atoms with E-state index in [-0.39, 0.29) is 5.92 Å². The molecule has 0 aliphatic rings. The van der Waals surface area contributed by atoms with E-state index in [4.69, 9.17) is 5.11 Å². The fourth-order valence-corrected chi connectivity index (χ4v) is 1.65. The Balaban J connectivity index is 3.81. The second-order valence-corrected chi connectivity index (χ2v) is 5.74. The summed E-state index contributed by atoms with van der Waals surface area (Å²) in [7, 11) is 2.07. The van der Waals surface area contributed by atoms with Crippen molar-refractivity contribution in [3.05, 3.63) is 0 Å². The van der Waals surface area contributed by atoms with Gasteiger partial charge in [0, 0.05) is 12.6 Å². The quantitative estimate of drug-likeness (QED) is 0.562. The summed E-state index contributed by atoms with van der Waals surface area (Å²) in [6, 6.07) is -0.737. The zero-order valence-corrected chi connectivity index (χ0v) is 13.3. The predicted octanol–water partition coefficient (Wildman–Crippen LogP) is 1.52. The molecule has 3 N–H and O–H groups in total. The molecule has 0 spiro atoms. The summed E-state index contributed by atoms with van der Waals surface area (Å²) in [6.07, 6.45) is 1.88. The molecule has 2 amide bonds. The molecule has 0 radical (unpaired) electrons. The Bertz CT molecular complexity index is 306. The Hall–Kier alpha value is -1.30. The van der Waals surface area contributed by atoms with E-state index in [1.165, 1.54) is 0 Å². The second kappa shape index (κ2) is 9.58. The number of unbranched alkanes of at least 4 members (excludes halogenated alkanes) is 1. The van der Waals surface area contributed by atoms with Gasteiger partial charge in [-0.15, -0.1) is 0 Å². The molecular weight excluding hydrogens is 258 g/mol. The van der Waals surface area contributed by atoms with Crippen LogP contribution in [0.2, 0.25) is 0 Å². The van der Waals surface area contributed by atoms with Crippen LogP contribution in [-0.4, -0.2) is 54.2 Å². The van der Waals surface area contributed by atoms with Gasteiger partial charge in [0.15, 0.2) is 0 Å². The molecule has 0 aliphatic carbocycles. The van der Waals surface area contributed by atoms with Gasteiger partial charge in [-0.25, -0.2) is 9.59 Å². The van der Waals surface area contributed by atoms with Crippen molar-refractivity contribution in [2.75, 3.05) is 20.1 Å². The Morgan fingerprint density at radius 2 is 1.75 bits per heavy atom. The molecule has 20 heavy (non-hydrogen) atoms. The highest BCUT2D eigenvalue weighted by molar-refractivity contribution is 5.82. The number of urea groups is 1. The molecule has 0 rings (SSSR count). The van der Waals surface area contributed by atoms with Crippen LogP contribution in [0, 0.1) is 5.92 Å². The topological polar surface area (TPSA) is 81.7 Å². The van der Waals surface area contributed by atoms with Crippen LogP contribution in [0.1, 0.15) is 40.5 Å². The van der Waals surface area contributed by atoms with Gasteiger partial charge in [0.2, 0.25) is 0 Å². The number of carboxylic acid groups (broad SMARTS) is 1. The van der Waals surface area contributed by atoms with Crippen molar-refractivity contribution in [2.24, 2.45) is 5.92 Å². The van der Waals surface area contributed by atoms with Crippen LogP contribution >= 0.6 is 0 Å². The number of nitrogens with one attached hydrogen (secondary N) is 2. The third-order valence-corrected chi connectivity index (χ3v) is 3.32. The standard InChI is InChI=1S/C14H29N3O3/c1-10(2)12(13(18)19)16-14(20)15-8-6-7-9-17(5)11(3)4/h10-12H,6-9H2,1-5H3,(H,18,19)(H2,15,16,20). The highest BCUT2D eigenvalue weighted by atomic mass is 16.4. The van der Waals surface area contributed by atoms with Crippen molar-refractivity contribution in [3.63, 3.8) is 0 Å². The normalized spacial score (nSPS) is 12.8. The lowest BCUT2D eigenvalue weighted by atomic mass is 10.1. The van der Waals surface area contributed by atoms with E-state index in [0.717, 1.165) is 19.4 Å². The number of rotatable bonds is 9. The zero-order valence-electron chi connectivity index (χ0n) is 13.3. The Labute approximate surface area is 121 Å². The number of amides is 2. The van der Waals surface area contributed by atoms with Crippen LogP contribution in [-0.2, 0) is 4.79 Å². The first-order valence-corrected chi connectivity index (χ1v) is 7.23. The monoisotopic (exact) mass is 287 g/mol. The van der Waals surface area contributed by atoms with Gasteiger partial charge in [-0.1, -0.05) is 13.8 Å². The molecule has 0 aromatic carbocycles. The Morgan fingerprint density at radius 1 is 1.15 bits per heavy atom. The van der Waals surface area contributed by atoms with Crippen molar-refractivity contribution < 1.29 is 14.7 Å². The van der Waals surface area contributed by atoms with Crippen molar-refractivity contribution in [3.8, 4) is 0 Å². The maximum absolute atomic E-state index is 11.6. The van der Waals surface area contributed by atoms with Crippen LogP contribution in [0.4, 0.5) is 4.79 Å². The SMILES string of the molecule is CC(C)C(NC(=O)NCCCCN(C)C(C)C)C(=O)O. The number of aliphatic carboxylic acids is 1. The average Bonchev–Trinajstić information content (AvgIpc) is 2.34. The van der Waals surface area contributed by atoms with Gasteiger partial charge in [0.05, 0.1) is 0 Å². The lowest BCUT2D eigenvalue weighted by molar-refractivity contribution is -0.140. The third-order valence-electron chi connectivity index (χ3n) is 3.32. The number of hydrogen-bond donors (Lipinski definition) is 3. The van der Waals surface area contributed by atoms with Crippen LogP contribution in [0.25, 0.3) is 0 Å². The highest BCUT2D eigenvalue weighted by Gasteiger charge is 2.22. The molecular formula is C14H29N3O3. The minimum atomic E-state index is -1.01. The smallest absolute Gasteiger partial charge is 0.326 e. The molecule has 0 saturated carbocycles. The molecule has 0 saturated heterocycles. The molecule has 118 valence electrons. The number of carboxylic acids is 1. The number of hydrogen-bond acceptors (Lipinski definition) is 3. The van der Waals surface area contributed by atoms with Gasteiger partial charge < -0.3 is 20.6 Å². The molecule has 0 heterocycles. The fourth-order valence-electron chi connectivity index (χ4n) is 1.65. The van der Waals surface area contributed by atoms with Gasteiger partial charge in [-0.2, -0.15) is 0 Å². The third kappa shape index (κ3) is 7.99. The van der Waals surface area contributed by atoms with E-state index in [2.05, 4.69) is 36.4 Å². The number of carbonyl (C=O) groups excluding carboxylic acids is 1. The summed E-state index contributed by atoms with van der Waals surface area (Å²) in [5.41, 5.74) is 0. The summed E-state index contributed by atoms with van der Waals surface area (Å²) in [4.78, 5) is 24.8. The maximum Gasteiger partial charge on any atom is 0.326 e. The molecule has 1 unspecified atom stereocenters. The van der Waals surface area contributed by atoms with Gasteiger partial charge in [-0.3, -0.25) is 0 Å². The van der Waals surface area contributed by atoms with Crippen LogP contribution in [0.15, 0.2) is 0 Å². The minimum absolute atomic E-state index is 0.141. The summed E-state index contributed by atoms with van der Waals surface area (Å²) < 4.78 is 0. The molecule has 0 aliphatic heterocycles. The van der Waals surface area contributed by atoms with Crippen molar-refractivity contribution in [1.82, 2.24) is 15.5 Å². The average molecular weight is 287 g/mol. The largest absolute Gasteiger partial charge is 0.480 e. The second-order valence-electron chi connectivity index (χ2n) is 5.74. The van der Waals surface area contributed by atoms with Crippen molar-refractivity contribution >= 4 is 12.0 Å². The maximum atomic E-state index is 11.6. The molecule has 6 heteroatoms. The van der Waals surface area contributed by atoms with Crippen LogP contribution < -0.4 is 10.6 Å². The van der Waals surface area contributed by atoms with Crippen molar-refractivity contribution in [2.45, 2.75) is 52.6 Å². The number of carbonyl (C=O) groups is 2. The van der Waals surface area contributed by atoms with Gasteiger partial charge >= 0.3 is 12.0 Å². The van der Waals surface area contributed by atoms with Gasteiger partial charge in [-0.05, 0) is 46.2 Å². The minimum Gasteiger partial charge on any atom is -0.480 e. The van der Waals surface area contributed by atoms with E-state index in [9.17, 15) is 9.59 Å². The summed E-state index contributed by atoms with van der Waals surface area (Å²) in [6.45, 7) is 9.36. The summed E-state index contributed by atoms with van der Waals surface area (Å²) in [5, 5.41) is 14.1. The van der Waals surface area contributed by atoms with E-state index in [1.807, 2.05) is 0 Å². The van der Waals surface area contributed by atoms with Crippen LogP contribution in [0.5, 0.6) is 0 Å². The predicted molar refractivity (Wildman–Crippen MR) is 79.8 cm³/mol. The lowest BCUT2D eigenvalue weighted by Crippen LogP contribution is -2.48. The van der Waals surface area contributed by atoms with E-state index in [0.29, 0.717) is 12.6 Å². The van der Waals surface area contributed by atoms with E-state index < -0.39 is 18.0 Å². The van der Waals surface area contributed by atoms with E-state index >= 15 is 0 Å². The first-order valence-electron chi connectivity index (χ1n) is 7.23. The Kier molecular flexibility index (Phi) is 8.96. The summed E-state index contributed by atoms with van der Waals surface area (Å²) >= 11 is 0. The molecule has 0 aromatic heterocycles. The molecule has 0 aromatic rings. The van der Waals surface area contributed by atoms with E-state index in [1.54, 1.807) is 13.8 Å². The Morgan fingerprint density at radius 3 is 2.20 bits per heavy atom. The van der Waals surface area contributed by atoms with Gasteiger partial charge in [0.25, 0.3) is 0 Å². The molecule has 0 fully saturated rings. The zero-order chi connectivity index (χ0) is 15.7. The molecule has 0 bridgehead atoms. The van der Waals surface area contributed by atoms with Crippen molar-refractivity contribution in [1.29, 1.82) is 0 Å².